The average molecular weight is 276 g/mol. The number of hydrogen-bond acceptors (Lipinski definition) is 5. The molecule has 3 N–H and O–H groups in total. The third-order valence-electron chi connectivity index (χ3n) is 2.48. The molecule has 2 amide bonds. The Labute approximate surface area is 111 Å². The maximum atomic E-state index is 11.6. The lowest BCUT2D eigenvalue weighted by molar-refractivity contribution is -0.147. The highest BCUT2D eigenvalue weighted by molar-refractivity contribution is 5.76. The number of amides is 2. The molecule has 0 bridgehead atoms. The van der Waals surface area contributed by atoms with Gasteiger partial charge >= 0.3 is 18.0 Å². The first-order chi connectivity index (χ1) is 8.79. The average Bonchev–Trinajstić information content (AvgIpc) is 2.36. The third kappa shape index (κ3) is 6.61. The molecule has 0 aromatic rings. The quantitative estimate of drug-likeness (QED) is 0.528. The molecule has 0 fully saturated rings. The number of esters is 1. The van der Waals surface area contributed by atoms with Gasteiger partial charge in [0.2, 0.25) is 0 Å². The van der Waals surface area contributed by atoms with Gasteiger partial charge in [0, 0.05) is 26.6 Å². The van der Waals surface area contributed by atoms with E-state index in [1.165, 1.54) is 19.1 Å². The number of carbonyl (C=O) groups excluding carboxylic acids is 2. The highest BCUT2D eigenvalue weighted by Crippen LogP contribution is 2.01. The van der Waals surface area contributed by atoms with Crippen LogP contribution in [0.15, 0.2) is 0 Å². The number of hydrogen-bond donors (Lipinski definition) is 3. The zero-order chi connectivity index (χ0) is 15.0. The molecule has 0 saturated heterocycles. The molecule has 0 spiro atoms. The van der Waals surface area contributed by atoms with Crippen molar-refractivity contribution < 1.29 is 29.3 Å². The van der Waals surface area contributed by atoms with Crippen LogP contribution in [0.5, 0.6) is 0 Å². The summed E-state index contributed by atoms with van der Waals surface area (Å²) >= 11 is 0. The third-order valence-corrected chi connectivity index (χ3v) is 2.48. The first-order valence-electron chi connectivity index (χ1n) is 5.77. The number of methoxy groups -OCH3 is 1. The molecule has 0 aliphatic heterocycles. The van der Waals surface area contributed by atoms with Crippen LogP contribution in [0.1, 0.15) is 13.3 Å². The van der Waals surface area contributed by atoms with Gasteiger partial charge in [-0.25, -0.2) is 9.59 Å². The maximum Gasteiger partial charge on any atom is 0.332 e. The smallest absolute Gasteiger partial charge is 0.332 e. The predicted molar refractivity (Wildman–Crippen MR) is 65.5 cm³/mol. The fraction of sp³-hybridized carbons (Fsp3) is 0.727. The van der Waals surface area contributed by atoms with Crippen molar-refractivity contribution in [2.45, 2.75) is 19.4 Å². The minimum Gasteiger partial charge on any atom is -0.479 e. The molecule has 0 heterocycles. The topological polar surface area (TPSA) is 116 Å². The fourth-order valence-electron chi connectivity index (χ4n) is 1.34. The number of ether oxygens (including phenoxy) is 1. The molecule has 0 aliphatic rings. The monoisotopic (exact) mass is 276 g/mol. The van der Waals surface area contributed by atoms with Crippen LogP contribution in [0.3, 0.4) is 0 Å². The highest BCUT2D eigenvalue weighted by Gasteiger charge is 2.19. The summed E-state index contributed by atoms with van der Waals surface area (Å²) < 4.78 is 4.54. The summed E-state index contributed by atoms with van der Waals surface area (Å²) in [6, 6.07) is -0.451. The normalized spacial score (nSPS) is 13.3. The number of carboxylic acid groups (broad SMARTS) is 1. The van der Waals surface area contributed by atoms with E-state index >= 15 is 0 Å². The van der Waals surface area contributed by atoms with E-state index in [-0.39, 0.29) is 19.5 Å². The molecule has 0 aromatic carbocycles. The van der Waals surface area contributed by atoms with E-state index in [4.69, 9.17) is 10.2 Å². The lowest BCUT2D eigenvalue weighted by Gasteiger charge is -2.20. The van der Waals surface area contributed by atoms with Gasteiger partial charge in [-0.3, -0.25) is 4.79 Å². The number of urea groups is 1. The van der Waals surface area contributed by atoms with Gasteiger partial charge in [0.15, 0.2) is 6.10 Å². The number of carbonyl (C=O) groups is 3. The molecule has 0 rings (SSSR count). The molecule has 8 nitrogen and oxygen atoms in total. The van der Waals surface area contributed by atoms with Gasteiger partial charge in [0.25, 0.3) is 0 Å². The predicted octanol–water partition coefficient (Wildman–Crippen LogP) is -0.727. The Morgan fingerprint density at radius 2 is 1.95 bits per heavy atom. The summed E-state index contributed by atoms with van der Waals surface area (Å²) in [4.78, 5) is 34.4. The molecule has 19 heavy (non-hydrogen) atoms. The van der Waals surface area contributed by atoms with Crippen LogP contribution in [0.2, 0.25) is 0 Å². The Hall–Kier alpha value is -1.83. The Kier molecular flexibility index (Phi) is 7.50. The number of aliphatic hydroxyl groups excluding tert-OH is 1. The van der Waals surface area contributed by atoms with Crippen LogP contribution < -0.4 is 5.32 Å². The zero-order valence-corrected chi connectivity index (χ0v) is 11.3. The largest absolute Gasteiger partial charge is 0.479 e. The lowest BCUT2D eigenvalue weighted by Crippen LogP contribution is -2.42. The summed E-state index contributed by atoms with van der Waals surface area (Å²) in [5, 5.41) is 19.9. The van der Waals surface area contributed by atoms with Gasteiger partial charge in [-0.2, -0.15) is 0 Å². The van der Waals surface area contributed by atoms with Gasteiger partial charge < -0.3 is 25.2 Å². The minimum absolute atomic E-state index is 0.0310. The van der Waals surface area contributed by atoms with Crippen molar-refractivity contribution in [1.29, 1.82) is 0 Å². The minimum atomic E-state index is -1.50. The second kappa shape index (κ2) is 8.30. The Balaban J connectivity index is 4.01. The summed E-state index contributed by atoms with van der Waals surface area (Å²) in [7, 11) is 2.77. The van der Waals surface area contributed by atoms with Crippen molar-refractivity contribution in [3.63, 3.8) is 0 Å². The molecule has 0 aliphatic carbocycles. The number of aliphatic carboxylic acids is 1. The molecule has 8 heteroatoms. The Morgan fingerprint density at radius 1 is 1.37 bits per heavy atom. The first kappa shape index (κ1) is 17.2. The van der Waals surface area contributed by atoms with Crippen molar-refractivity contribution in [3.8, 4) is 0 Å². The van der Waals surface area contributed by atoms with E-state index in [1.807, 2.05) is 0 Å². The molecule has 110 valence electrons. The first-order valence-corrected chi connectivity index (χ1v) is 5.77. The van der Waals surface area contributed by atoms with E-state index in [0.717, 1.165) is 0 Å². The van der Waals surface area contributed by atoms with Crippen molar-refractivity contribution in [2.75, 3.05) is 27.2 Å². The number of nitrogens with zero attached hydrogens (tertiary/aromatic N) is 1. The standard InChI is InChI=1S/C11H20N2O6/c1-7(10(17)19-3)6-13(2)11(18)12-5-4-8(14)9(15)16/h7-8,14H,4-6H2,1-3H3,(H,12,18)(H,15,16). The fourth-order valence-corrected chi connectivity index (χ4v) is 1.34. The summed E-state index contributed by atoms with van der Waals surface area (Å²) in [5.74, 6) is -2.20. The van der Waals surface area contributed by atoms with E-state index in [0.29, 0.717) is 0 Å². The van der Waals surface area contributed by atoms with Crippen molar-refractivity contribution in [3.05, 3.63) is 0 Å². The van der Waals surface area contributed by atoms with Crippen LogP contribution in [0, 0.1) is 5.92 Å². The summed E-state index contributed by atoms with van der Waals surface area (Å²) in [5.41, 5.74) is 0. The van der Waals surface area contributed by atoms with E-state index in [9.17, 15) is 14.4 Å². The van der Waals surface area contributed by atoms with E-state index < -0.39 is 30.0 Å². The van der Waals surface area contributed by atoms with Gasteiger partial charge in [-0.1, -0.05) is 6.92 Å². The van der Waals surface area contributed by atoms with Gasteiger partial charge in [-0.05, 0) is 0 Å². The second-order valence-corrected chi connectivity index (χ2v) is 4.18. The van der Waals surface area contributed by atoms with Crippen LogP contribution >= 0.6 is 0 Å². The maximum absolute atomic E-state index is 11.6. The second-order valence-electron chi connectivity index (χ2n) is 4.18. The molecule has 0 radical (unpaired) electrons. The summed E-state index contributed by atoms with van der Waals surface area (Å²) in [6.45, 7) is 1.84. The number of carboxylic acids is 1. The summed E-state index contributed by atoms with van der Waals surface area (Å²) in [6.07, 6.45) is -1.58. The molecular formula is C11H20N2O6. The SMILES string of the molecule is COC(=O)C(C)CN(C)C(=O)NCCC(O)C(=O)O. The van der Waals surface area contributed by atoms with Crippen molar-refractivity contribution in [2.24, 2.45) is 5.92 Å². The molecule has 0 saturated carbocycles. The number of nitrogens with one attached hydrogen (secondary N) is 1. The van der Waals surface area contributed by atoms with E-state index in [1.54, 1.807) is 6.92 Å². The molecule has 2 atom stereocenters. The van der Waals surface area contributed by atoms with Crippen LogP contribution in [-0.2, 0) is 14.3 Å². The lowest BCUT2D eigenvalue weighted by atomic mass is 10.2. The number of rotatable bonds is 7. The highest BCUT2D eigenvalue weighted by atomic mass is 16.5. The van der Waals surface area contributed by atoms with Crippen LogP contribution in [0.25, 0.3) is 0 Å². The van der Waals surface area contributed by atoms with Crippen LogP contribution in [-0.4, -0.2) is 66.4 Å². The Bertz CT molecular complexity index is 333. The Morgan fingerprint density at radius 3 is 2.42 bits per heavy atom. The molecule has 2 unspecified atom stereocenters. The van der Waals surface area contributed by atoms with Crippen molar-refractivity contribution in [1.82, 2.24) is 10.2 Å². The van der Waals surface area contributed by atoms with Gasteiger partial charge in [0.1, 0.15) is 0 Å². The number of aliphatic hydroxyl groups is 1. The van der Waals surface area contributed by atoms with Crippen LogP contribution in [0.4, 0.5) is 4.79 Å². The molecule has 0 aromatic heterocycles. The van der Waals surface area contributed by atoms with Crippen molar-refractivity contribution >= 4 is 18.0 Å². The molecular weight excluding hydrogens is 256 g/mol. The zero-order valence-electron chi connectivity index (χ0n) is 11.3. The van der Waals surface area contributed by atoms with E-state index in [2.05, 4.69) is 10.1 Å². The van der Waals surface area contributed by atoms with Gasteiger partial charge in [-0.15, -0.1) is 0 Å². The van der Waals surface area contributed by atoms with Gasteiger partial charge in [0.05, 0.1) is 13.0 Å².